The van der Waals surface area contributed by atoms with Crippen LogP contribution < -0.4 is 4.74 Å². The Kier molecular flexibility index (Phi) is 6.19. The van der Waals surface area contributed by atoms with Crippen LogP contribution >= 0.6 is 35.0 Å². The van der Waals surface area contributed by atoms with Gasteiger partial charge in [0.05, 0.1) is 23.4 Å². The van der Waals surface area contributed by atoms with Gasteiger partial charge in [-0.2, -0.15) is 9.78 Å². The second-order valence-electron chi connectivity index (χ2n) is 5.34. The number of aromatic nitrogens is 3. The summed E-state index contributed by atoms with van der Waals surface area (Å²) in [5.41, 5.74) is 1.90. The number of hydrogen-bond donors (Lipinski definition) is 0. The second-order valence-corrected chi connectivity index (χ2v) is 6.93. The Morgan fingerprint density at radius 1 is 1.15 bits per heavy atom. The van der Waals surface area contributed by atoms with Gasteiger partial charge >= 0.3 is 0 Å². The predicted molar refractivity (Wildman–Crippen MR) is 107 cm³/mol. The fourth-order valence-corrected chi connectivity index (χ4v) is 3.51. The summed E-state index contributed by atoms with van der Waals surface area (Å²) in [5.74, 6) is 1.20. The maximum Gasteiger partial charge on any atom is 0.211 e. The summed E-state index contributed by atoms with van der Waals surface area (Å²) in [6.45, 7) is 0. The highest BCUT2D eigenvalue weighted by atomic mass is 35.5. The standard InChI is InChI=1S/C18H16Cl2N4OS/c1-25-17-14(19)8-13(9-15(17)20)11-21-24-16(22-23-18(24)26-2)10-12-6-4-3-5-7-12/h3-9,11H,10H2,1-2H3/b21-11-. The highest BCUT2D eigenvalue weighted by molar-refractivity contribution is 7.98. The molecule has 3 aromatic rings. The molecule has 0 saturated carbocycles. The lowest BCUT2D eigenvalue weighted by molar-refractivity contribution is 0.415. The van der Waals surface area contributed by atoms with E-state index >= 15 is 0 Å². The monoisotopic (exact) mass is 406 g/mol. The van der Waals surface area contributed by atoms with E-state index in [1.165, 1.54) is 18.9 Å². The second kappa shape index (κ2) is 8.58. The van der Waals surface area contributed by atoms with Crippen molar-refractivity contribution >= 4 is 41.2 Å². The van der Waals surface area contributed by atoms with Crippen molar-refractivity contribution in [3.8, 4) is 5.75 Å². The molecular weight excluding hydrogens is 391 g/mol. The van der Waals surface area contributed by atoms with Crippen LogP contribution in [0.3, 0.4) is 0 Å². The van der Waals surface area contributed by atoms with Gasteiger partial charge in [-0.05, 0) is 29.5 Å². The molecule has 0 spiro atoms. The molecule has 1 heterocycles. The molecule has 26 heavy (non-hydrogen) atoms. The number of ether oxygens (including phenoxy) is 1. The summed E-state index contributed by atoms with van der Waals surface area (Å²) in [6, 6.07) is 13.6. The average molecular weight is 407 g/mol. The first-order valence-electron chi connectivity index (χ1n) is 7.72. The van der Waals surface area contributed by atoms with E-state index in [0.29, 0.717) is 27.4 Å². The van der Waals surface area contributed by atoms with Crippen molar-refractivity contribution in [1.29, 1.82) is 0 Å². The molecule has 0 saturated heterocycles. The number of thioether (sulfide) groups is 1. The highest BCUT2D eigenvalue weighted by Gasteiger charge is 2.12. The summed E-state index contributed by atoms with van der Waals surface area (Å²) < 4.78 is 6.89. The van der Waals surface area contributed by atoms with Crippen LogP contribution in [-0.4, -0.2) is 34.5 Å². The Hall–Kier alpha value is -2.02. The van der Waals surface area contributed by atoms with Crippen molar-refractivity contribution in [1.82, 2.24) is 14.9 Å². The predicted octanol–water partition coefficient (Wildman–Crippen LogP) is 4.79. The lowest BCUT2D eigenvalue weighted by Gasteiger charge is -2.07. The molecule has 5 nitrogen and oxygen atoms in total. The zero-order valence-corrected chi connectivity index (χ0v) is 16.5. The van der Waals surface area contributed by atoms with Gasteiger partial charge in [-0.25, -0.2) is 0 Å². The molecule has 0 unspecified atom stereocenters. The molecule has 2 aromatic carbocycles. The van der Waals surface area contributed by atoms with Gasteiger partial charge in [0.2, 0.25) is 5.16 Å². The van der Waals surface area contributed by atoms with Crippen molar-refractivity contribution in [2.75, 3.05) is 13.4 Å². The van der Waals surface area contributed by atoms with Crippen LogP contribution in [0, 0.1) is 0 Å². The van der Waals surface area contributed by atoms with Gasteiger partial charge < -0.3 is 4.74 Å². The van der Waals surface area contributed by atoms with Gasteiger partial charge in [0.1, 0.15) is 0 Å². The van der Waals surface area contributed by atoms with Crippen molar-refractivity contribution in [3.63, 3.8) is 0 Å². The number of benzene rings is 2. The number of nitrogens with zero attached hydrogens (tertiary/aromatic N) is 4. The average Bonchev–Trinajstić information content (AvgIpc) is 3.02. The van der Waals surface area contributed by atoms with Gasteiger partial charge in [-0.15, -0.1) is 10.2 Å². The van der Waals surface area contributed by atoms with E-state index in [9.17, 15) is 0 Å². The van der Waals surface area contributed by atoms with E-state index in [2.05, 4.69) is 15.3 Å². The lowest BCUT2D eigenvalue weighted by atomic mass is 10.1. The van der Waals surface area contributed by atoms with Crippen LogP contribution in [0.15, 0.2) is 52.7 Å². The van der Waals surface area contributed by atoms with Gasteiger partial charge in [0.15, 0.2) is 11.6 Å². The lowest BCUT2D eigenvalue weighted by Crippen LogP contribution is -2.01. The number of rotatable bonds is 6. The van der Waals surface area contributed by atoms with Crippen molar-refractivity contribution < 1.29 is 4.74 Å². The van der Waals surface area contributed by atoms with Gasteiger partial charge in [0.25, 0.3) is 0 Å². The SMILES string of the molecule is COc1c(Cl)cc(/C=N\n2c(Cc3ccccc3)nnc2SC)cc1Cl. The summed E-state index contributed by atoms with van der Waals surface area (Å²) in [4.78, 5) is 0. The van der Waals surface area contributed by atoms with E-state index < -0.39 is 0 Å². The van der Waals surface area contributed by atoms with E-state index in [1.807, 2.05) is 36.6 Å². The Morgan fingerprint density at radius 2 is 1.85 bits per heavy atom. The fraction of sp³-hybridized carbons (Fsp3) is 0.167. The first-order valence-corrected chi connectivity index (χ1v) is 9.70. The van der Waals surface area contributed by atoms with Crippen LogP contribution in [0.4, 0.5) is 0 Å². The molecule has 134 valence electrons. The number of hydrogen-bond acceptors (Lipinski definition) is 5. The molecular formula is C18H16Cl2N4OS. The van der Waals surface area contributed by atoms with Crippen LogP contribution in [0.5, 0.6) is 5.75 Å². The minimum atomic E-state index is 0.430. The van der Waals surface area contributed by atoms with Crippen molar-refractivity contribution in [3.05, 3.63) is 69.5 Å². The molecule has 3 rings (SSSR count). The molecule has 0 fully saturated rings. The van der Waals surface area contributed by atoms with E-state index in [-0.39, 0.29) is 0 Å². The molecule has 0 bridgehead atoms. The molecule has 0 N–H and O–H groups in total. The number of halogens is 2. The topological polar surface area (TPSA) is 52.3 Å². The fourth-order valence-electron chi connectivity index (χ4n) is 2.40. The maximum absolute atomic E-state index is 6.19. The molecule has 8 heteroatoms. The van der Waals surface area contributed by atoms with E-state index in [0.717, 1.165) is 17.0 Å². The third-order valence-corrected chi connectivity index (χ3v) is 4.79. The normalized spacial score (nSPS) is 11.2. The van der Waals surface area contributed by atoms with Crippen molar-refractivity contribution in [2.24, 2.45) is 5.10 Å². The third kappa shape index (κ3) is 4.20. The zero-order valence-electron chi connectivity index (χ0n) is 14.2. The first-order chi connectivity index (χ1) is 12.6. The van der Waals surface area contributed by atoms with Crippen LogP contribution in [0.2, 0.25) is 10.0 Å². The van der Waals surface area contributed by atoms with Crippen LogP contribution in [0.25, 0.3) is 0 Å². The third-order valence-electron chi connectivity index (χ3n) is 3.61. The largest absolute Gasteiger partial charge is 0.494 e. The van der Waals surface area contributed by atoms with Gasteiger partial charge in [-0.3, -0.25) is 0 Å². The summed E-state index contributed by atoms with van der Waals surface area (Å²) in [7, 11) is 1.53. The molecule has 0 radical (unpaired) electrons. The number of methoxy groups -OCH3 is 1. The maximum atomic E-state index is 6.19. The van der Waals surface area contributed by atoms with Crippen LogP contribution in [0.1, 0.15) is 17.0 Å². The Morgan fingerprint density at radius 3 is 2.46 bits per heavy atom. The smallest absolute Gasteiger partial charge is 0.211 e. The summed E-state index contributed by atoms with van der Waals surface area (Å²) in [6.07, 6.45) is 4.24. The minimum absolute atomic E-state index is 0.430. The molecule has 0 atom stereocenters. The molecule has 0 aliphatic heterocycles. The highest BCUT2D eigenvalue weighted by Crippen LogP contribution is 2.33. The quantitative estimate of drug-likeness (QED) is 0.436. The molecule has 0 amide bonds. The molecule has 1 aromatic heterocycles. The summed E-state index contributed by atoms with van der Waals surface area (Å²) >= 11 is 13.8. The molecule has 0 aliphatic carbocycles. The Balaban J connectivity index is 1.91. The summed E-state index contributed by atoms with van der Waals surface area (Å²) in [5, 5.41) is 14.6. The zero-order chi connectivity index (χ0) is 18.5. The van der Waals surface area contributed by atoms with Gasteiger partial charge in [-0.1, -0.05) is 65.3 Å². The van der Waals surface area contributed by atoms with Crippen LogP contribution in [-0.2, 0) is 6.42 Å². The molecule has 0 aliphatic rings. The van der Waals surface area contributed by atoms with Crippen molar-refractivity contribution in [2.45, 2.75) is 11.6 Å². The Labute approximate surface area is 166 Å². The first kappa shape index (κ1) is 18.8. The van der Waals surface area contributed by atoms with Gasteiger partial charge in [0, 0.05) is 6.42 Å². The van der Waals surface area contributed by atoms with E-state index in [4.69, 9.17) is 27.9 Å². The van der Waals surface area contributed by atoms with E-state index in [1.54, 1.807) is 23.0 Å². The minimum Gasteiger partial charge on any atom is -0.494 e. The Bertz CT molecular complexity index is 905.